The lowest BCUT2D eigenvalue weighted by Crippen LogP contribution is -1.72. The molecule has 0 saturated heterocycles. The van der Waals surface area contributed by atoms with Crippen LogP contribution in [0, 0.1) is 0 Å². The molecular weight excluding hydrogens is 174 g/mol. The number of hydrogen-bond donors (Lipinski definition) is 0. The number of carbonyl (C=O) groups excluding carboxylic acids is 1. The number of hydrogen-bond acceptors (Lipinski definition) is 5. The van der Waals surface area contributed by atoms with Crippen molar-refractivity contribution in [1.82, 2.24) is 0 Å². The number of halogens is 1. The van der Waals surface area contributed by atoms with E-state index in [1.165, 1.54) is 0 Å². The van der Waals surface area contributed by atoms with E-state index in [0.29, 0.717) is 0 Å². The number of isocyanates is 1. The summed E-state index contributed by atoms with van der Waals surface area (Å²) in [5.41, 5.74) is 0. The maximum Gasteiger partial charge on any atom is 0.307 e. The minimum absolute atomic E-state index is 0.0274. The summed E-state index contributed by atoms with van der Waals surface area (Å²) in [4.78, 5) is 9.22. The zero-order valence-corrected chi connectivity index (χ0v) is 5.76. The lowest BCUT2D eigenvalue weighted by Gasteiger charge is -1.76. The van der Waals surface area contributed by atoms with E-state index < -0.39 is 8.08 Å². The Morgan fingerprint density at radius 2 is 2.12 bits per heavy atom. The van der Waals surface area contributed by atoms with Gasteiger partial charge in [-0.1, -0.05) is 0 Å². The minimum atomic E-state index is -3.73. The minimum Gasteiger partial charge on any atom is -0.210 e. The highest BCUT2D eigenvalue weighted by molar-refractivity contribution is 8.79. The SMILES string of the molecule is O=C=NSS(=O)(=O)Cl. The van der Waals surface area contributed by atoms with Crippen molar-refractivity contribution >= 4 is 35.8 Å². The third-order valence-corrected chi connectivity index (χ3v) is 1.76. The molecule has 0 aromatic carbocycles. The molecule has 0 aliphatic heterocycles. The normalized spacial score (nSPS) is 10.1. The van der Waals surface area contributed by atoms with Gasteiger partial charge in [0.25, 0.3) is 0 Å². The predicted octanol–water partition coefficient (Wildman–Crippen LogP) is 0.454. The zero-order chi connectivity index (χ0) is 6.62. The molecule has 0 amide bonds. The van der Waals surface area contributed by atoms with Crippen molar-refractivity contribution in [3.8, 4) is 0 Å². The Hall–Kier alpha value is -0.0300. The van der Waals surface area contributed by atoms with Crippen molar-refractivity contribution in [2.45, 2.75) is 0 Å². The maximum absolute atomic E-state index is 9.85. The van der Waals surface area contributed by atoms with Crippen LogP contribution in [-0.4, -0.2) is 14.5 Å². The molecule has 0 saturated carbocycles. The van der Waals surface area contributed by atoms with Gasteiger partial charge in [0.1, 0.15) is 11.0 Å². The van der Waals surface area contributed by atoms with Gasteiger partial charge in [-0.15, -0.1) is 4.40 Å². The standard InChI is InChI=1S/CClNO3S2/c2-8(5,6)7-3-1-4. The van der Waals surface area contributed by atoms with E-state index in [-0.39, 0.29) is 11.0 Å². The summed E-state index contributed by atoms with van der Waals surface area (Å²) in [6.07, 6.45) is 0.999. The lowest BCUT2D eigenvalue weighted by atomic mass is 11.7. The summed E-state index contributed by atoms with van der Waals surface area (Å²) in [7, 11) is 0.821. The van der Waals surface area contributed by atoms with Gasteiger partial charge in [-0.25, -0.2) is 4.79 Å². The average molecular weight is 174 g/mol. The van der Waals surface area contributed by atoms with Gasteiger partial charge in [0, 0.05) is 10.7 Å². The first kappa shape index (κ1) is 7.97. The summed E-state index contributed by atoms with van der Waals surface area (Å²) in [5, 5.41) is 0. The van der Waals surface area contributed by atoms with E-state index in [4.69, 9.17) is 0 Å². The third kappa shape index (κ3) is 5.97. The van der Waals surface area contributed by atoms with Gasteiger partial charge in [-0.2, -0.15) is 8.42 Å². The van der Waals surface area contributed by atoms with Crippen LogP contribution in [0.2, 0.25) is 0 Å². The van der Waals surface area contributed by atoms with Gasteiger partial charge in [0.15, 0.2) is 0 Å². The van der Waals surface area contributed by atoms with Crippen molar-refractivity contribution in [3.63, 3.8) is 0 Å². The zero-order valence-electron chi connectivity index (χ0n) is 3.37. The molecule has 0 aliphatic carbocycles. The average Bonchev–Trinajstić information content (AvgIpc) is 1.59. The van der Waals surface area contributed by atoms with Gasteiger partial charge >= 0.3 is 8.08 Å². The monoisotopic (exact) mass is 173 g/mol. The van der Waals surface area contributed by atoms with Gasteiger partial charge in [0.2, 0.25) is 6.08 Å². The molecule has 4 nitrogen and oxygen atoms in total. The first-order valence-corrected chi connectivity index (χ1v) is 4.86. The molecule has 7 heteroatoms. The fraction of sp³-hybridized carbons (Fsp3) is 0. The second-order valence-corrected chi connectivity index (χ2v) is 5.30. The molecule has 0 radical (unpaired) electrons. The van der Waals surface area contributed by atoms with Crippen LogP contribution in [0.5, 0.6) is 0 Å². The van der Waals surface area contributed by atoms with E-state index in [1.54, 1.807) is 0 Å². The molecule has 0 fully saturated rings. The van der Waals surface area contributed by atoms with Crippen molar-refractivity contribution in [1.29, 1.82) is 0 Å². The van der Waals surface area contributed by atoms with Crippen molar-refractivity contribution in [2.24, 2.45) is 4.40 Å². The highest BCUT2D eigenvalue weighted by Crippen LogP contribution is 2.16. The van der Waals surface area contributed by atoms with Gasteiger partial charge in [-0.3, -0.25) is 0 Å². The van der Waals surface area contributed by atoms with Crippen LogP contribution < -0.4 is 0 Å². The molecule has 0 N–H and O–H groups in total. The highest BCUT2D eigenvalue weighted by atomic mass is 35.8. The van der Waals surface area contributed by atoms with Crippen LogP contribution in [0.15, 0.2) is 4.40 Å². The topological polar surface area (TPSA) is 63.6 Å². The van der Waals surface area contributed by atoms with E-state index in [1.807, 2.05) is 0 Å². The Morgan fingerprint density at radius 3 is 2.25 bits per heavy atom. The molecule has 0 atom stereocenters. The van der Waals surface area contributed by atoms with Crippen molar-refractivity contribution in [3.05, 3.63) is 0 Å². The van der Waals surface area contributed by atoms with Crippen LogP contribution in [0.25, 0.3) is 0 Å². The second kappa shape index (κ2) is 3.09. The second-order valence-electron chi connectivity index (χ2n) is 0.650. The van der Waals surface area contributed by atoms with Crippen molar-refractivity contribution in [2.75, 3.05) is 0 Å². The Kier molecular flexibility index (Phi) is 3.08. The third-order valence-electron chi connectivity index (χ3n) is 0.164. The van der Waals surface area contributed by atoms with Gasteiger partial charge < -0.3 is 0 Å². The van der Waals surface area contributed by atoms with E-state index in [2.05, 4.69) is 15.1 Å². The van der Waals surface area contributed by atoms with Crippen LogP contribution in [0.1, 0.15) is 0 Å². The fourth-order valence-corrected chi connectivity index (χ4v) is 0.791. The molecule has 0 bridgehead atoms. The molecule has 0 aliphatic rings. The Bertz CT molecular complexity index is 201. The first-order valence-electron chi connectivity index (χ1n) is 1.26. The Labute approximate surface area is 53.9 Å². The molecular formula is CClNO3S2. The summed E-state index contributed by atoms with van der Waals surface area (Å²) in [5.74, 6) is 0. The van der Waals surface area contributed by atoms with E-state index >= 15 is 0 Å². The summed E-state index contributed by atoms with van der Waals surface area (Å²) >= 11 is 0. The van der Waals surface area contributed by atoms with Crippen LogP contribution in [-0.2, 0) is 12.9 Å². The number of rotatable bonds is 2. The smallest absolute Gasteiger partial charge is 0.210 e. The van der Waals surface area contributed by atoms with Gasteiger partial charge in [0.05, 0.1) is 0 Å². The summed E-state index contributed by atoms with van der Waals surface area (Å²) < 4.78 is 22.3. The fourth-order valence-electron chi connectivity index (χ4n) is 0.0597. The van der Waals surface area contributed by atoms with Crippen LogP contribution >= 0.6 is 21.7 Å². The van der Waals surface area contributed by atoms with E-state index in [0.717, 1.165) is 6.08 Å². The van der Waals surface area contributed by atoms with Crippen molar-refractivity contribution < 1.29 is 13.2 Å². The molecule has 8 heavy (non-hydrogen) atoms. The van der Waals surface area contributed by atoms with E-state index in [9.17, 15) is 13.2 Å². The molecule has 0 spiro atoms. The van der Waals surface area contributed by atoms with Crippen LogP contribution in [0.3, 0.4) is 0 Å². The predicted molar refractivity (Wildman–Crippen MR) is 30.5 cm³/mol. The molecule has 0 heterocycles. The molecule has 0 unspecified atom stereocenters. The summed E-state index contributed by atoms with van der Waals surface area (Å²) in [6.45, 7) is 0. The lowest BCUT2D eigenvalue weighted by molar-refractivity contribution is 0.566. The molecule has 46 valence electrons. The maximum atomic E-state index is 9.85. The first-order chi connectivity index (χ1) is 3.56. The summed E-state index contributed by atoms with van der Waals surface area (Å²) in [6, 6.07) is 0. The quantitative estimate of drug-likeness (QED) is 0.200. The Balaban J connectivity index is 3.94. The molecule has 0 aromatic heterocycles. The highest BCUT2D eigenvalue weighted by Gasteiger charge is 2.02. The number of nitrogens with zero attached hydrogens (tertiary/aromatic N) is 1. The Morgan fingerprint density at radius 1 is 1.62 bits per heavy atom. The van der Waals surface area contributed by atoms with Crippen LogP contribution in [0.4, 0.5) is 0 Å². The molecule has 0 aromatic rings. The molecule has 0 rings (SSSR count). The largest absolute Gasteiger partial charge is 0.307 e. The van der Waals surface area contributed by atoms with Gasteiger partial charge in [-0.05, 0) is 0 Å².